The molecular formula is C8H13ClN2O2. The Morgan fingerprint density at radius 1 is 1.54 bits per heavy atom. The summed E-state index contributed by atoms with van der Waals surface area (Å²) in [5.41, 5.74) is 5.05. The van der Waals surface area contributed by atoms with Crippen molar-refractivity contribution >= 4 is 18.3 Å². The number of carbonyl (C=O) groups excluding carboxylic acids is 1. The van der Waals surface area contributed by atoms with Gasteiger partial charge in [0.2, 0.25) is 0 Å². The number of nitrogens with two attached hydrogens (primary N) is 1. The summed E-state index contributed by atoms with van der Waals surface area (Å²) >= 11 is 0. The summed E-state index contributed by atoms with van der Waals surface area (Å²) < 4.78 is 4.94. The fourth-order valence-electron chi connectivity index (χ4n) is 0.745. The van der Waals surface area contributed by atoms with Gasteiger partial charge in [0.25, 0.3) is 5.91 Å². The first kappa shape index (κ1) is 12.0. The molecule has 0 radical (unpaired) electrons. The molecule has 1 heterocycles. The van der Waals surface area contributed by atoms with Crippen LogP contribution in [0.25, 0.3) is 0 Å². The molecule has 0 aliphatic carbocycles. The summed E-state index contributed by atoms with van der Waals surface area (Å²) in [6.07, 6.45) is 0. The predicted octanol–water partition coefficient (Wildman–Crippen LogP) is 1.49. The zero-order valence-electron chi connectivity index (χ0n) is 7.83. The normalized spacial score (nSPS) is 10.7. The predicted molar refractivity (Wildman–Crippen MR) is 51.0 cm³/mol. The van der Waals surface area contributed by atoms with Crippen molar-refractivity contribution in [3.05, 3.63) is 17.5 Å². The lowest BCUT2D eigenvalue weighted by atomic mass is 9.93. The Bertz CT molecular complexity index is 301. The molecular weight excluding hydrogens is 192 g/mol. The molecule has 13 heavy (non-hydrogen) atoms. The average Bonchev–Trinajstić information content (AvgIpc) is 2.30. The van der Waals surface area contributed by atoms with Crippen LogP contribution in [0.4, 0.5) is 0 Å². The lowest BCUT2D eigenvalue weighted by Crippen LogP contribution is -2.12. The minimum atomic E-state index is -0.561. The van der Waals surface area contributed by atoms with E-state index in [1.54, 1.807) is 6.07 Å². The van der Waals surface area contributed by atoms with Crippen molar-refractivity contribution in [2.45, 2.75) is 26.2 Å². The van der Waals surface area contributed by atoms with Crippen molar-refractivity contribution in [1.29, 1.82) is 0 Å². The number of halogens is 1. The second-order valence-corrected chi connectivity index (χ2v) is 3.69. The van der Waals surface area contributed by atoms with Crippen LogP contribution in [0, 0.1) is 0 Å². The van der Waals surface area contributed by atoms with Crippen LogP contribution in [0.5, 0.6) is 0 Å². The third kappa shape index (κ3) is 2.73. The van der Waals surface area contributed by atoms with E-state index < -0.39 is 5.91 Å². The van der Waals surface area contributed by atoms with Crippen molar-refractivity contribution in [3.8, 4) is 0 Å². The molecule has 0 aliphatic rings. The van der Waals surface area contributed by atoms with Crippen molar-refractivity contribution in [2.24, 2.45) is 5.73 Å². The topological polar surface area (TPSA) is 69.1 Å². The molecule has 74 valence electrons. The first-order chi connectivity index (χ1) is 5.41. The summed E-state index contributed by atoms with van der Waals surface area (Å²) in [6.45, 7) is 5.91. The monoisotopic (exact) mass is 204 g/mol. The molecule has 0 atom stereocenters. The average molecular weight is 205 g/mol. The SMILES string of the molecule is CC(C)(C)c1cc(C(N)=O)no1.Cl. The van der Waals surface area contributed by atoms with Gasteiger partial charge in [-0.2, -0.15) is 0 Å². The molecule has 0 spiro atoms. The maximum Gasteiger partial charge on any atom is 0.270 e. The Kier molecular flexibility index (Phi) is 3.49. The number of hydrogen-bond donors (Lipinski definition) is 1. The highest BCUT2D eigenvalue weighted by Crippen LogP contribution is 2.22. The molecule has 4 nitrogen and oxygen atoms in total. The van der Waals surface area contributed by atoms with Crippen molar-refractivity contribution in [2.75, 3.05) is 0 Å². The van der Waals surface area contributed by atoms with E-state index in [4.69, 9.17) is 10.3 Å². The van der Waals surface area contributed by atoms with Gasteiger partial charge in [0.1, 0.15) is 5.76 Å². The van der Waals surface area contributed by atoms with Crippen molar-refractivity contribution in [3.63, 3.8) is 0 Å². The molecule has 0 aliphatic heterocycles. The highest BCUT2D eigenvalue weighted by atomic mass is 35.5. The number of rotatable bonds is 1. The van der Waals surface area contributed by atoms with Crippen molar-refractivity contribution < 1.29 is 9.32 Å². The maximum absolute atomic E-state index is 10.6. The van der Waals surface area contributed by atoms with Gasteiger partial charge in [-0.3, -0.25) is 4.79 Å². The van der Waals surface area contributed by atoms with E-state index in [-0.39, 0.29) is 23.5 Å². The quantitative estimate of drug-likeness (QED) is 0.754. The van der Waals surface area contributed by atoms with Gasteiger partial charge in [0, 0.05) is 11.5 Å². The molecule has 0 saturated heterocycles. The number of primary amides is 1. The minimum absolute atomic E-state index is 0. The Balaban J connectivity index is 0.00000144. The van der Waals surface area contributed by atoms with E-state index in [1.807, 2.05) is 20.8 Å². The Morgan fingerprint density at radius 3 is 2.31 bits per heavy atom. The fraction of sp³-hybridized carbons (Fsp3) is 0.500. The highest BCUT2D eigenvalue weighted by molar-refractivity contribution is 5.90. The van der Waals surface area contributed by atoms with E-state index >= 15 is 0 Å². The smallest absolute Gasteiger partial charge is 0.270 e. The number of amides is 1. The molecule has 0 fully saturated rings. The zero-order valence-corrected chi connectivity index (χ0v) is 8.64. The molecule has 0 unspecified atom stereocenters. The van der Waals surface area contributed by atoms with Crippen molar-refractivity contribution in [1.82, 2.24) is 5.16 Å². The van der Waals surface area contributed by atoms with Crippen LogP contribution in [0.2, 0.25) is 0 Å². The summed E-state index contributed by atoms with van der Waals surface area (Å²) in [4.78, 5) is 10.6. The molecule has 2 N–H and O–H groups in total. The van der Waals surface area contributed by atoms with Crippen LogP contribution >= 0.6 is 12.4 Å². The van der Waals surface area contributed by atoms with Gasteiger partial charge in [-0.25, -0.2) is 0 Å². The third-order valence-corrected chi connectivity index (χ3v) is 1.50. The van der Waals surface area contributed by atoms with Gasteiger partial charge in [-0.15, -0.1) is 12.4 Å². The van der Waals surface area contributed by atoms with E-state index in [0.717, 1.165) is 0 Å². The molecule has 5 heteroatoms. The highest BCUT2D eigenvalue weighted by Gasteiger charge is 2.20. The lowest BCUT2D eigenvalue weighted by molar-refractivity contribution is 0.0991. The Labute approximate surface area is 82.9 Å². The van der Waals surface area contributed by atoms with Crippen LogP contribution in [-0.2, 0) is 5.41 Å². The second kappa shape index (κ2) is 3.79. The molecule has 0 aromatic carbocycles. The molecule has 1 amide bonds. The molecule has 1 aromatic heterocycles. The molecule has 0 saturated carbocycles. The Morgan fingerprint density at radius 2 is 2.08 bits per heavy atom. The van der Waals surface area contributed by atoms with E-state index in [0.29, 0.717) is 5.76 Å². The van der Waals surface area contributed by atoms with Gasteiger partial charge in [-0.1, -0.05) is 25.9 Å². The fourth-order valence-corrected chi connectivity index (χ4v) is 0.745. The van der Waals surface area contributed by atoms with Gasteiger partial charge in [0.15, 0.2) is 5.69 Å². The second-order valence-electron chi connectivity index (χ2n) is 3.69. The number of aromatic nitrogens is 1. The summed E-state index contributed by atoms with van der Waals surface area (Å²) in [5.74, 6) is 0.102. The van der Waals surface area contributed by atoms with Crippen LogP contribution in [-0.4, -0.2) is 11.1 Å². The number of nitrogens with zero attached hydrogens (tertiary/aromatic N) is 1. The van der Waals surface area contributed by atoms with Crippen LogP contribution in [0.1, 0.15) is 37.0 Å². The van der Waals surface area contributed by atoms with E-state index in [9.17, 15) is 4.79 Å². The van der Waals surface area contributed by atoms with Gasteiger partial charge < -0.3 is 10.3 Å². The zero-order chi connectivity index (χ0) is 9.35. The lowest BCUT2D eigenvalue weighted by Gasteiger charge is -2.11. The third-order valence-electron chi connectivity index (χ3n) is 1.50. The van der Waals surface area contributed by atoms with E-state index in [1.165, 1.54) is 0 Å². The molecule has 1 rings (SSSR count). The van der Waals surface area contributed by atoms with Crippen LogP contribution in [0.3, 0.4) is 0 Å². The van der Waals surface area contributed by atoms with Crippen LogP contribution < -0.4 is 5.73 Å². The standard InChI is InChI=1S/C8H12N2O2.ClH/c1-8(2,3)6-4-5(7(9)11)10-12-6;/h4H,1-3H3,(H2,9,11);1H. The number of hydrogen-bond acceptors (Lipinski definition) is 3. The maximum atomic E-state index is 10.6. The van der Waals surface area contributed by atoms with Gasteiger partial charge in [-0.05, 0) is 0 Å². The molecule has 0 bridgehead atoms. The number of carbonyl (C=O) groups is 1. The summed E-state index contributed by atoms with van der Waals surface area (Å²) in [5, 5.41) is 3.53. The minimum Gasteiger partial charge on any atom is -0.364 e. The Hall–Kier alpha value is -1.03. The summed E-state index contributed by atoms with van der Waals surface area (Å²) in [7, 11) is 0. The summed E-state index contributed by atoms with van der Waals surface area (Å²) in [6, 6.07) is 1.57. The first-order valence-electron chi connectivity index (χ1n) is 3.68. The first-order valence-corrected chi connectivity index (χ1v) is 3.68. The molecule has 1 aromatic rings. The van der Waals surface area contributed by atoms with Gasteiger partial charge in [0.05, 0.1) is 0 Å². The van der Waals surface area contributed by atoms with Crippen LogP contribution in [0.15, 0.2) is 10.6 Å². The van der Waals surface area contributed by atoms with E-state index in [2.05, 4.69) is 5.16 Å². The van der Waals surface area contributed by atoms with Gasteiger partial charge >= 0.3 is 0 Å². The largest absolute Gasteiger partial charge is 0.364 e.